The van der Waals surface area contributed by atoms with Gasteiger partial charge in [-0.3, -0.25) is 4.79 Å². The maximum atomic E-state index is 11.9. The fraction of sp³-hybridized carbons (Fsp3) is 0.556. The highest BCUT2D eigenvalue weighted by molar-refractivity contribution is 5.77. The van der Waals surface area contributed by atoms with Crippen molar-refractivity contribution in [1.82, 2.24) is 16.0 Å². The Morgan fingerprint density at radius 3 is 2.54 bits per heavy atom. The average Bonchev–Trinajstić information content (AvgIpc) is 2.90. The Hall–Kier alpha value is -2.24. The van der Waals surface area contributed by atoms with Crippen molar-refractivity contribution in [2.24, 2.45) is 0 Å². The maximum Gasteiger partial charge on any atom is 0.315 e. The molecule has 1 fully saturated rings. The normalized spacial score (nSPS) is 19.5. The summed E-state index contributed by atoms with van der Waals surface area (Å²) in [6.07, 6.45) is 4.38. The van der Waals surface area contributed by atoms with Gasteiger partial charge in [0.2, 0.25) is 5.91 Å². The van der Waals surface area contributed by atoms with Gasteiger partial charge in [-0.2, -0.15) is 0 Å². The molecule has 0 bridgehead atoms. The summed E-state index contributed by atoms with van der Waals surface area (Å²) in [6.45, 7) is 2.55. The van der Waals surface area contributed by atoms with E-state index in [0.717, 1.165) is 37.0 Å². The Balaban J connectivity index is 1.54. The molecule has 1 aliphatic rings. The van der Waals surface area contributed by atoms with Crippen molar-refractivity contribution in [3.63, 3.8) is 0 Å². The molecule has 1 aromatic rings. The van der Waals surface area contributed by atoms with Crippen LogP contribution in [0.3, 0.4) is 0 Å². The lowest BCUT2D eigenvalue weighted by Crippen LogP contribution is -2.30. The van der Waals surface area contributed by atoms with Gasteiger partial charge in [-0.15, -0.1) is 0 Å². The first-order valence-electron chi connectivity index (χ1n) is 8.55. The molecule has 132 valence electrons. The molecular weight excluding hydrogens is 306 g/mol. The van der Waals surface area contributed by atoms with Crippen LogP contribution in [0.4, 0.5) is 4.79 Å². The van der Waals surface area contributed by atoms with Gasteiger partial charge in [-0.05, 0) is 37.5 Å². The standard InChI is InChI=1S/C18H27N3O3/c1-13-16(21-18(23)20-13)6-4-3-5-7-17(22)19-12-14-8-10-15(24-2)11-9-14/h8-11,13,16H,3-7,12H2,1-2H3,(H,19,22)(H2,20,21,23)/t13-,16+/m1/s1. The van der Waals surface area contributed by atoms with E-state index in [4.69, 9.17) is 4.74 Å². The topological polar surface area (TPSA) is 79.5 Å². The third-order valence-electron chi connectivity index (χ3n) is 4.35. The van der Waals surface area contributed by atoms with Crippen molar-refractivity contribution < 1.29 is 14.3 Å². The Labute approximate surface area is 143 Å². The van der Waals surface area contributed by atoms with Gasteiger partial charge in [0.15, 0.2) is 0 Å². The second-order valence-corrected chi connectivity index (χ2v) is 6.24. The van der Waals surface area contributed by atoms with Crippen LogP contribution in [0, 0.1) is 0 Å². The number of methoxy groups -OCH3 is 1. The Kier molecular flexibility index (Phi) is 6.90. The van der Waals surface area contributed by atoms with Crippen LogP contribution in [0.15, 0.2) is 24.3 Å². The van der Waals surface area contributed by atoms with E-state index in [1.807, 2.05) is 31.2 Å². The second kappa shape index (κ2) is 9.15. The number of unbranched alkanes of at least 4 members (excludes halogenated alkanes) is 2. The van der Waals surface area contributed by atoms with Crippen LogP contribution in [-0.4, -0.2) is 31.1 Å². The van der Waals surface area contributed by atoms with E-state index >= 15 is 0 Å². The molecule has 2 atom stereocenters. The lowest BCUT2D eigenvalue weighted by atomic mass is 10.0. The van der Waals surface area contributed by atoms with Gasteiger partial charge in [-0.25, -0.2) is 4.79 Å². The summed E-state index contributed by atoms with van der Waals surface area (Å²) in [4.78, 5) is 23.0. The number of hydrogen-bond acceptors (Lipinski definition) is 3. The molecule has 6 nitrogen and oxygen atoms in total. The van der Waals surface area contributed by atoms with Gasteiger partial charge < -0.3 is 20.7 Å². The zero-order chi connectivity index (χ0) is 17.4. The predicted molar refractivity (Wildman–Crippen MR) is 92.8 cm³/mol. The number of carbonyl (C=O) groups is 2. The molecule has 3 amide bonds. The van der Waals surface area contributed by atoms with Crippen molar-refractivity contribution in [3.05, 3.63) is 29.8 Å². The van der Waals surface area contributed by atoms with Crippen LogP contribution >= 0.6 is 0 Å². The number of hydrogen-bond donors (Lipinski definition) is 3. The van der Waals surface area contributed by atoms with Crippen molar-refractivity contribution in [2.75, 3.05) is 7.11 Å². The maximum absolute atomic E-state index is 11.9. The number of rotatable bonds is 9. The monoisotopic (exact) mass is 333 g/mol. The molecule has 0 spiro atoms. The average molecular weight is 333 g/mol. The lowest BCUT2D eigenvalue weighted by molar-refractivity contribution is -0.121. The zero-order valence-corrected chi connectivity index (χ0v) is 14.4. The number of carbonyl (C=O) groups excluding carboxylic acids is 2. The smallest absolute Gasteiger partial charge is 0.315 e. The van der Waals surface area contributed by atoms with Crippen molar-refractivity contribution in [3.8, 4) is 5.75 Å². The number of urea groups is 1. The molecular formula is C18H27N3O3. The molecule has 3 N–H and O–H groups in total. The molecule has 6 heteroatoms. The molecule has 1 heterocycles. The van der Waals surface area contributed by atoms with Gasteiger partial charge in [0, 0.05) is 19.0 Å². The SMILES string of the molecule is COc1ccc(CNC(=O)CCCCC[C@@H]2NC(=O)N[C@@H]2C)cc1. The van der Waals surface area contributed by atoms with Gasteiger partial charge in [0.05, 0.1) is 13.2 Å². The highest BCUT2D eigenvalue weighted by atomic mass is 16.5. The summed E-state index contributed by atoms with van der Waals surface area (Å²) in [5.41, 5.74) is 1.06. The quantitative estimate of drug-likeness (QED) is 0.607. The van der Waals surface area contributed by atoms with Gasteiger partial charge >= 0.3 is 6.03 Å². The predicted octanol–water partition coefficient (Wildman–Crippen LogP) is 2.33. The minimum Gasteiger partial charge on any atom is -0.497 e. The van der Waals surface area contributed by atoms with E-state index in [0.29, 0.717) is 13.0 Å². The fourth-order valence-corrected chi connectivity index (χ4v) is 2.82. The largest absolute Gasteiger partial charge is 0.497 e. The van der Waals surface area contributed by atoms with Crippen molar-refractivity contribution in [2.45, 2.75) is 57.7 Å². The number of amides is 3. The minimum absolute atomic E-state index is 0.0783. The minimum atomic E-state index is -0.0783. The van der Waals surface area contributed by atoms with Crippen molar-refractivity contribution in [1.29, 1.82) is 0 Å². The van der Waals surface area contributed by atoms with E-state index in [9.17, 15) is 9.59 Å². The fourth-order valence-electron chi connectivity index (χ4n) is 2.82. The zero-order valence-electron chi connectivity index (χ0n) is 14.4. The van der Waals surface area contributed by atoms with Crippen LogP contribution in [0.2, 0.25) is 0 Å². The van der Waals surface area contributed by atoms with Crippen molar-refractivity contribution >= 4 is 11.9 Å². The molecule has 1 saturated heterocycles. The molecule has 0 aromatic heterocycles. The Bertz CT molecular complexity index is 545. The van der Waals surface area contributed by atoms with Crippen LogP contribution < -0.4 is 20.7 Å². The van der Waals surface area contributed by atoms with Crippen LogP contribution in [0.25, 0.3) is 0 Å². The number of benzene rings is 1. The lowest BCUT2D eigenvalue weighted by Gasteiger charge is -2.13. The van der Waals surface area contributed by atoms with Crippen LogP contribution in [-0.2, 0) is 11.3 Å². The first-order chi connectivity index (χ1) is 11.6. The van der Waals surface area contributed by atoms with E-state index < -0.39 is 0 Å². The second-order valence-electron chi connectivity index (χ2n) is 6.24. The highest BCUT2D eigenvalue weighted by Gasteiger charge is 2.26. The Morgan fingerprint density at radius 2 is 1.92 bits per heavy atom. The summed E-state index contributed by atoms with van der Waals surface area (Å²) in [7, 11) is 1.63. The summed E-state index contributed by atoms with van der Waals surface area (Å²) in [6, 6.07) is 7.99. The summed E-state index contributed by atoms with van der Waals surface area (Å²) >= 11 is 0. The molecule has 24 heavy (non-hydrogen) atoms. The molecule has 0 aliphatic carbocycles. The Morgan fingerprint density at radius 1 is 1.17 bits per heavy atom. The molecule has 0 unspecified atom stereocenters. The summed E-state index contributed by atoms with van der Waals surface area (Å²) < 4.78 is 5.11. The summed E-state index contributed by atoms with van der Waals surface area (Å²) in [5.74, 6) is 0.892. The molecule has 1 aromatic carbocycles. The first kappa shape index (κ1) is 18.1. The van der Waals surface area contributed by atoms with Gasteiger partial charge in [0.25, 0.3) is 0 Å². The van der Waals surface area contributed by atoms with Crippen LogP contribution in [0.1, 0.15) is 44.6 Å². The molecule has 0 radical (unpaired) electrons. The van der Waals surface area contributed by atoms with Gasteiger partial charge in [-0.1, -0.05) is 25.0 Å². The van der Waals surface area contributed by atoms with E-state index in [1.54, 1.807) is 7.11 Å². The van der Waals surface area contributed by atoms with E-state index in [-0.39, 0.29) is 24.0 Å². The molecule has 0 saturated carbocycles. The molecule has 1 aliphatic heterocycles. The van der Waals surface area contributed by atoms with E-state index in [1.165, 1.54) is 0 Å². The number of nitrogens with one attached hydrogen (secondary N) is 3. The first-order valence-corrected chi connectivity index (χ1v) is 8.55. The van der Waals surface area contributed by atoms with Gasteiger partial charge in [0.1, 0.15) is 5.75 Å². The highest BCUT2D eigenvalue weighted by Crippen LogP contribution is 2.12. The third kappa shape index (κ3) is 5.76. The van der Waals surface area contributed by atoms with Crippen LogP contribution in [0.5, 0.6) is 5.75 Å². The number of ether oxygens (including phenoxy) is 1. The van der Waals surface area contributed by atoms with E-state index in [2.05, 4.69) is 16.0 Å². The molecule has 2 rings (SSSR count). The third-order valence-corrected chi connectivity index (χ3v) is 4.35. The summed E-state index contributed by atoms with van der Waals surface area (Å²) in [5, 5.41) is 8.69.